The molecule has 3 aromatic rings. The van der Waals surface area contributed by atoms with Gasteiger partial charge in [-0.25, -0.2) is 4.98 Å². The standard InChI is InChI=1S/C22H25ClN6O5/c1-12-4-2-3-5-13(12)10-24-18-14-19(27-22(23)26-18)29(11-25-14)21-16(31)15(30)17(34-21)20(32)28-6-8-33-9-7-28/h2-5,11,15-17,21,30-31H,6-10H2,1H3,(H,24,26,27)/t15-,16+,17-,21+/m0/s1. The first-order chi connectivity index (χ1) is 16.4. The smallest absolute Gasteiger partial charge is 0.254 e. The molecule has 0 aliphatic carbocycles. The number of carbonyl (C=O) groups is 1. The molecule has 34 heavy (non-hydrogen) atoms. The quantitative estimate of drug-likeness (QED) is 0.447. The number of nitrogens with one attached hydrogen (secondary N) is 1. The number of amides is 1. The zero-order valence-corrected chi connectivity index (χ0v) is 19.2. The third-order valence-corrected chi connectivity index (χ3v) is 6.35. The van der Waals surface area contributed by atoms with E-state index >= 15 is 0 Å². The van der Waals surface area contributed by atoms with Gasteiger partial charge in [0.1, 0.15) is 12.2 Å². The third-order valence-electron chi connectivity index (χ3n) is 6.18. The lowest BCUT2D eigenvalue weighted by molar-refractivity contribution is -0.152. The van der Waals surface area contributed by atoms with Crippen LogP contribution in [0.2, 0.25) is 5.28 Å². The summed E-state index contributed by atoms with van der Waals surface area (Å²) in [4.78, 5) is 27.4. The SMILES string of the molecule is Cc1ccccc1CNc1nc(Cl)nc2c1ncn2[C@@H]1O[C@H](C(=O)N2CCOCC2)[C@@H](O)[C@H]1O. The Morgan fingerprint density at radius 1 is 1.21 bits per heavy atom. The highest BCUT2D eigenvalue weighted by molar-refractivity contribution is 6.28. The highest BCUT2D eigenvalue weighted by Crippen LogP contribution is 2.34. The molecule has 4 heterocycles. The molecule has 2 aliphatic rings. The van der Waals surface area contributed by atoms with Crippen LogP contribution in [0, 0.1) is 6.92 Å². The van der Waals surface area contributed by atoms with Crippen LogP contribution in [0.5, 0.6) is 0 Å². The van der Waals surface area contributed by atoms with Gasteiger partial charge in [0, 0.05) is 19.6 Å². The van der Waals surface area contributed by atoms with Gasteiger partial charge in [0.2, 0.25) is 5.28 Å². The van der Waals surface area contributed by atoms with Crippen molar-refractivity contribution in [1.82, 2.24) is 24.4 Å². The highest BCUT2D eigenvalue weighted by Gasteiger charge is 2.49. The largest absolute Gasteiger partial charge is 0.387 e. The van der Waals surface area contributed by atoms with Crippen LogP contribution >= 0.6 is 11.6 Å². The van der Waals surface area contributed by atoms with Crippen LogP contribution in [0.1, 0.15) is 17.4 Å². The maximum absolute atomic E-state index is 12.9. The molecular formula is C22H25ClN6O5. The third kappa shape index (κ3) is 4.21. The van der Waals surface area contributed by atoms with E-state index in [1.54, 1.807) is 4.90 Å². The first-order valence-electron chi connectivity index (χ1n) is 11.0. The minimum Gasteiger partial charge on any atom is -0.387 e. The lowest BCUT2D eigenvalue weighted by atomic mass is 10.1. The number of imidazole rings is 1. The molecule has 4 atom stereocenters. The number of hydrogen-bond acceptors (Lipinski definition) is 9. The van der Waals surface area contributed by atoms with Crippen molar-refractivity contribution < 1.29 is 24.5 Å². The minimum absolute atomic E-state index is 0.0180. The number of benzene rings is 1. The number of morpholine rings is 1. The van der Waals surface area contributed by atoms with Crippen LogP contribution < -0.4 is 5.32 Å². The number of aliphatic hydroxyl groups is 2. The van der Waals surface area contributed by atoms with Gasteiger partial charge in [0.25, 0.3) is 5.91 Å². The lowest BCUT2D eigenvalue weighted by Gasteiger charge is -2.29. The molecule has 1 aromatic carbocycles. The van der Waals surface area contributed by atoms with E-state index in [1.165, 1.54) is 10.9 Å². The van der Waals surface area contributed by atoms with Crippen molar-refractivity contribution in [2.24, 2.45) is 0 Å². The van der Waals surface area contributed by atoms with Crippen LogP contribution in [0.25, 0.3) is 11.2 Å². The van der Waals surface area contributed by atoms with Gasteiger partial charge in [-0.05, 0) is 29.7 Å². The Morgan fingerprint density at radius 2 is 1.97 bits per heavy atom. The monoisotopic (exact) mass is 488 g/mol. The van der Waals surface area contributed by atoms with Crippen LogP contribution in [0.15, 0.2) is 30.6 Å². The van der Waals surface area contributed by atoms with E-state index in [9.17, 15) is 15.0 Å². The number of hydrogen-bond donors (Lipinski definition) is 3. The molecular weight excluding hydrogens is 464 g/mol. The molecule has 0 spiro atoms. The van der Waals surface area contributed by atoms with E-state index in [2.05, 4.69) is 20.3 Å². The summed E-state index contributed by atoms with van der Waals surface area (Å²) < 4.78 is 12.6. The first-order valence-corrected chi connectivity index (χ1v) is 11.4. The zero-order valence-electron chi connectivity index (χ0n) is 18.5. The Balaban J connectivity index is 1.40. The molecule has 0 radical (unpaired) electrons. The van der Waals surface area contributed by atoms with E-state index in [-0.39, 0.29) is 5.28 Å². The van der Waals surface area contributed by atoms with Crippen LogP contribution in [0.3, 0.4) is 0 Å². The van der Waals surface area contributed by atoms with Gasteiger partial charge in [-0.2, -0.15) is 9.97 Å². The Hall–Kier alpha value is -2.83. The van der Waals surface area contributed by atoms with Gasteiger partial charge in [-0.3, -0.25) is 9.36 Å². The molecule has 12 heteroatoms. The summed E-state index contributed by atoms with van der Waals surface area (Å²) in [6.07, 6.45) is -3.65. The van der Waals surface area contributed by atoms with Crippen molar-refractivity contribution in [3.63, 3.8) is 0 Å². The van der Waals surface area contributed by atoms with Crippen molar-refractivity contribution in [3.05, 3.63) is 47.0 Å². The molecule has 2 fully saturated rings. The molecule has 180 valence electrons. The number of carbonyl (C=O) groups excluding carboxylic acids is 1. The summed E-state index contributed by atoms with van der Waals surface area (Å²) in [5, 5.41) is 24.5. The lowest BCUT2D eigenvalue weighted by Crippen LogP contribution is -2.49. The van der Waals surface area contributed by atoms with Crippen LogP contribution in [-0.4, -0.2) is 85.2 Å². The van der Waals surface area contributed by atoms with E-state index < -0.39 is 30.4 Å². The molecule has 5 rings (SSSR count). The highest BCUT2D eigenvalue weighted by atomic mass is 35.5. The number of ether oxygens (including phenoxy) is 2. The molecule has 0 saturated carbocycles. The Bertz CT molecular complexity index is 1200. The number of fused-ring (bicyclic) bond motifs is 1. The molecule has 2 aliphatic heterocycles. The summed E-state index contributed by atoms with van der Waals surface area (Å²) in [6.45, 7) is 4.16. The number of aryl methyl sites for hydroxylation is 1. The first kappa shape index (κ1) is 22.9. The van der Waals surface area contributed by atoms with Gasteiger partial charge >= 0.3 is 0 Å². The Labute approximate surface area is 200 Å². The summed E-state index contributed by atoms with van der Waals surface area (Å²) >= 11 is 6.19. The second kappa shape index (κ2) is 9.43. The van der Waals surface area contributed by atoms with E-state index in [0.717, 1.165) is 11.1 Å². The van der Waals surface area contributed by atoms with Crippen molar-refractivity contribution in [3.8, 4) is 0 Å². The summed E-state index contributed by atoms with van der Waals surface area (Å²) in [5.74, 6) is 0.0287. The van der Waals surface area contributed by atoms with Crippen LogP contribution in [0.4, 0.5) is 5.82 Å². The van der Waals surface area contributed by atoms with Gasteiger partial charge in [-0.15, -0.1) is 0 Å². The maximum atomic E-state index is 12.9. The zero-order chi connectivity index (χ0) is 23.8. The fraction of sp³-hybridized carbons (Fsp3) is 0.455. The molecule has 0 bridgehead atoms. The predicted octanol–water partition coefficient (Wildman–Crippen LogP) is 0.878. The predicted molar refractivity (Wildman–Crippen MR) is 122 cm³/mol. The van der Waals surface area contributed by atoms with Crippen molar-refractivity contribution in [2.75, 3.05) is 31.6 Å². The van der Waals surface area contributed by atoms with Crippen LogP contribution in [-0.2, 0) is 20.8 Å². The average molecular weight is 489 g/mol. The average Bonchev–Trinajstić information content (AvgIpc) is 3.39. The summed E-state index contributed by atoms with van der Waals surface area (Å²) in [7, 11) is 0. The number of anilines is 1. The molecule has 2 saturated heterocycles. The topological polar surface area (TPSA) is 135 Å². The molecule has 2 aromatic heterocycles. The van der Waals surface area contributed by atoms with Gasteiger partial charge in [0.15, 0.2) is 29.3 Å². The number of aliphatic hydroxyl groups excluding tert-OH is 2. The van der Waals surface area contributed by atoms with Gasteiger partial charge < -0.3 is 29.9 Å². The minimum atomic E-state index is -1.41. The Kier molecular flexibility index (Phi) is 6.36. The maximum Gasteiger partial charge on any atom is 0.254 e. The van der Waals surface area contributed by atoms with Gasteiger partial charge in [0.05, 0.1) is 19.5 Å². The van der Waals surface area contributed by atoms with Crippen molar-refractivity contribution in [2.45, 2.75) is 38.0 Å². The fourth-order valence-electron chi connectivity index (χ4n) is 4.24. The molecule has 11 nitrogen and oxygen atoms in total. The number of aromatic nitrogens is 4. The van der Waals surface area contributed by atoms with E-state index in [0.29, 0.717) is 49.8 Å². The van der Waals surface area contributed by atoms with E-state index in [1.807, 2.05) is 31.2 Å². The summed E-state index contributed by atoms with van der Waals surface area (Å²) in [6, 6.07) is 7.96. The second-order valence-corrected chi connectivity index (χ2v) is 8.65. The van der Waals surface area contributed by atoms with Crippen molar-refractivity contribution in [1.29, 1.82) is 0 Å². The van der Waals surface area contributed by atoms with Gasteiger partial charge in [-0.1, -0.05) is 24.3 Å². The molecule has 0 unspecified atom stereocenters. The summed E-state index contributed by atoms with van der Waals surface area (Å²) in [5.41, 5.74) is 2.95. The Morgan fingerprint density at radius 3 is 2.74 bits per heavy atom. The normalized spacial score (nSPS) is 25.1. The van der Waals surface area contributed by atoms with Crippen molar-refractivity contribution >= 4 is 34.5 Å². The molecule has 3 N–H and O–H groups in total. The number of halogens is 1. The number of rotatable bonds is 5. The fourth-order valence-corrected chi connectivity index (χ4v) is 4.41. The second-order valence-electron chi connectivity index (χ2n) is 8.31. The number of nitrogens with zero attached hydrogens (tertiary/aromatic N) is 5. The molecule has 1 amide bonds. The van der Waals surface area contributed by atoms with E-state index in [4.69, 9.17) is 21.1 Å².